The number of primary sulfonamides is 1. The summed E-state index contributed by atoms with van der Waals surface area (Å²) in [6.07, 6.45) is 1.71. The van der Waals surface area contributed by atoms with E-state index in [-0.39, 0.29) is 40.7 Å². The summed E-state index contributed by atoms with van der Waals surface area (Å²) < 4.78 is 53.7. The standard InChI is InChI=1S/C20H25FN4O6S/c1-12(2)29-20(26)25-8-6-14(7-9-25)30-18-13(3)19(24-11-23-18)31-17-5-4-15(10-16(17)21)32(22,27)28/h4-5,10-12,14H,6-9H2,1-3H3,(H2,22,27,28). The molecular weight excluding hydrogens is 443 g/mol. The van der Waals surface area contributed by atoms with Crippen LogP contribution in [0.5, 0.6) is 17.5 Å². The van der Waals surface area contributed by atoms with Gasteiger partial charge in [-0.1, -0.05) is 0 Å². The van der Waals surface area contributed by atoms with Gasteiger partial charge in [0.25, 0.3) is 0 Å². The summed E-state index contributed by atoms with van der Waals surface area (Å²) in [7, 11) is -4.04. The Morgan fingerprint density at radius 1 is 1.22 bits per heavy atom. The van der Waals surface area contributed by atoms with Gasteiger partial charge in [0, 0.05) is 25.9 Å². The van der Waals surface area contributed by atoms with Crippen molar-refractivity contribution >= 4 is 16.1 Å². The third-order valence-electron chi connectivity index (χ3n) is 4.75. The largest absolute Gasteiger partial charge is 0.474 e. The number of hydrogen-bond donors (Lipinski definition) is 1. The second-order valence-corrected chi connectivity index (χ2v) is 9.15. The van der Waals surface area contributed by atoms with Gasteiger partial charge in [0.15, 0.2) is 11.6 Å². The molecule has 0 radical (unpaired) electrons. The molecule has 0 saturated carbocycles. The van der Waals surface area contributed by atoms with Gasteiger partial charge < -0.3 is 19.1 Å². The lowest BCUT2D eigenvalue weighted by atomic mass is 10.1. The van der Waals surface area contributed by atoms with E-state index in [0.717, 1.165) is 18.2 Å². The summed E-state index contributed by atoms with van der Waals surface area (Å²) >= 11 is 0. The molecule has 1 amide bonds. The number of benzene rings is 1. The Balaban J connectivity index is 1.66. The molecule has 10 nitrogen and oxygen atoms in total. The van der Waals surface area contributed by atoms with Crippen molar-refractivity contribution in [2.45, 2.75) is 50.7 Å². The molecule has 1 fully saturated rings. The lowest BCUT2D eigenvalue weighted by Gasteiger charge is -2.31. The maximum Gasteiger partial charge on any atom is 0.410 e. The fourth-order valence-electron chi connectivity index (χ4n) is 3.08. The smallest absolute Gasteiger partial charge is 0.410 e. The van der Waals surface area contributed by atoms with Gasteiger partial charge in [0.05, 0.1) is 16.6 Å². The van der Waals surface area contributed by atoms with E-state index < -0.39 is 15.8 Å². The van der Waals surface area contributed by atoms with Crippen LogP contribution in [0.4, 0.5) is 9.18 Å². The zero-order valence-electron chi connectivity index (χ0n) is 17.9. The van der Waals surface area contributed by atoms with Crippen molar-refractivity contribution in [3.8, 4) is 17.5 Å². The number of hydrogen-bond acceptors (Lipinski definition) is 8. The van der Waals surface area contributed by atoms with Crippen molar-refractivity contribution in [2.24, 2.45) is 5.14 Å². The highest BCUT2D eigenvalue weighted by molar-refractivity contribution is 7.89. The molecule has 0 bridgehead atoms. The number of rotatable bonds is 6. The topological polar surface area (TPSA) is 134 Å². The molecule has 1 saturated heterocycles. The quantitative estimate of drug-likeness (QED) is 0.684. The van der Waals surface area contributed by atoms with Gasteiger partial charge in [0.2, 0.25) is 21.8 Å². The lowest BCUT2D eigenvalue weighted by Crippen LogP contribution is -2.42. The third kappa shape index (κ3) is 5.82. The first-order valence-corrected chi connectivity index (χ1v) is 11.5. The predicted molar refractivity (Wildman–Crippen MR) is 111 cm³/mol. The molecule has 1 aromatic carbocycles. The minimum absolute atomic E-state index is 0.0650. The fraction of sp³-hybridized carbons (Fsp3) is 0.450. The van der Waals surface area contributed by atoms with E-state index in [9.17, 15) is 17.6 Å². The number of carbonyl (C=O) groups excluding carboxylic acids is 1. The Hall–Kier alpha value is -2.99. The fourth-order valence-corrected chi connectivity index (χ4v) is 3.60. The molecule has 1 aliphatic heterocycles. The highest BCUT2D eigenvalue weighted by Gasteiger charge is 2.26. The molecule has 1 aromatic heterocycles. The first kappa shape index (κ1) is 23.7. The summed E-state index contributed by atoms with van der Waals surface area (Å²) in [5.74, 6) is -0.783. The average molecular weight is 469 g/mol. The van der Waals surface area contributed by atoms with Gasteiger partial charge in [-0.05, 0) is 39.0 Å². The maximum atomic E-state index is 14.3. The van der Waals surface area contributed by atoms with Crippen LogP contribution < -0.4 is 14.6 Å². The molecule has 0 spiro atoms. The number of halogens is 1. The Kier molecular flexibility index (Phi) is 7.14. The highest BCUT2D eigenvalue weighted by Crippen LogP contribution is 2.31. The van der Waals surface area contributed by atoms with Gasteiger partial charge in [0.1, 0.15) is 12.4 Å². The van der Waals surface area contributed by atoms with E-state index in [1.165, 1.54) is 6.33 Å². The molecule has 32 heavy (non-hydrogen) atoms. The van der Waals surface area contributed by atoms with Crippen LogP contribution in [-0.2, 0) is 14.8 Å². The number of piperidine rings is 1. The SMILES string of the molecule is Cc1c(Oc2ccc(S(N)(=O)=O)cc2F)ncnc1OC1CCN(C(=O)OC(C)C)CC1. The molecule has 1 aliphatic rings. The minimum atomic E-state index is -4.04. The van der Waals surface area contributed by atoms with Crippen molar-refractivity contribution < 1.29 is 31.8 Å². The zero-order valence-corrected chi connectivity index (χ0v) is 18.8. The summed E-state index contributed by atoms with van der Waals surface area (Å²) in [5, 5.41) is 5.01. The number of likely N-dealkylation sites (tertiary alicyclic amines) is 1. The minimum Gasteiger partial charge on any atom is -0.474 e. The van der Waals surface area contributed by atoms with E-state index in [0.29, 0.717) is 31.5 Å². The summed E-state index contributed by atoms with van der Waals surface area (Å²) in [5.41, 5.74) is 0.448. The van der Waals surface area contributed by atoms with Crippen LogP contribution in [0.3, 0.4) is 0 Å². The van der Waals surface area contributed by atoms with E-state index in [4.69, 9.17) is 19.3 Å². The van der Waals surface area contributed by atoms with Gasteiger partial charge in [-0.3, -0.25) is 0 Å². The van der Waals surface area contributed by atoms with Gasteiger partial charge >= 0.3 is 6.09 Å². The van der Waals surface area contributed by atoms with E-state index >= 15 is 0 Å². The summed E-state index contributed by atoms with van der Waals surface area (Å²) in [6, 6.07) is 3.07. The summed E-state index contributed by atoms with van der Waals surface area (Å²) in [4.78, 5) is 21.4. The molecule has 2 aromatic rings. The summed E-state index contributed by atoms with van der Waals surface area (Å²) in [6.45, 7) is 6.24. The second-order valence-electron chi connectivity index (χ2n) is 7.59. The van der Waals surface area contributed by atoms with E-state index in [1.807, 2.05) is 0 Å². The van der Waals surface area contributed by atoms with Crippen LogP contribution in [0, 0.1) is 12.7 Å². The van der Waals surface area contributed by atoms with Crippen LogP contribution >= 0.6 is 0 Å². The molecule has 2 N–H and O–H groups in total. The molecule has 2 heterocycles. The number of sulfonamides is 1. The molecule has 12 heteroatoms. The Morgan fingerprint density at radius 2 is 1.88 bits per heavy atom. The van der Waals surface area contributed by atoms with E-state index in [1.54, 1.807) is 25.7 Å². The van der Waals surface area contributed by atoms with Crippen molar-refractivity contribution in [3.63, 3.8) is 0 Å². The van der Waals surface area contributed by atoms with Crippen LogP contribution in [0.15, 0.2) is 29.4 Å². The monoisotopic (exact) mass is 468 g/mol. The number of ether oxygens (including phenoxy) is 3. The Bertz CT molecular complexity index is 1090. The van der Waals surface area contributed by atoms with Gasteiger partial charge in [-0.2, -0.15) is 0 Å². The normalized spacial score (nSPS) is 15.0. The van der Waals surface area contributed by atoms with E-state index in [2.05, 4.69) is 9.97 Å². The highest BCUT2D eigenvalue weighted by atomic mass is 32.2. The molecule has 174 valence electrons. The molecule has 3 rings (SSSR count). The Labute approximate surface area is 185 Å². The van der Waals surface area contributed by atoms with Crippen LogP contribution in [0.25, 0.3) is 0 Å². The molecule has 0 aliphatic carbocycles. The van der Waals surface area contributed by atoms with Gasteiger partial charge in [-0.25, -0.2) is 32.7 Å². The zero-order chi connectivity index (χ0) is 23.5. The van der Waals surface area contributed by atoms with Crippen LogP contribution in [-0.4, -0.2) is 54.7 Å². The molecule has 0 unspecified atom stereocenters. The maximum absolute atomic E-state index is 14.3. The first-order valence-electron chi connectivity index (χ1n) is 9.98. The lowest BCUT2D eigenvalue weighted by molar-refractivity contribution is 0.0505. The van der Waals surface area contributed by atoms with Crippen molar-refractivity contribution in [2.75, 3.05) is 13.1 Å². The number of carbonyl (C=O) groups is 1. The van der Waals surface area contributed by atoms with Crippen molar-refractivity contribution in [1.82, 2.24) is 14.9 Å². The number of amides is 1. The molecular formula is C20H25FN4O6S. The number of aromatic nitrogens is 2. The Morgan fingerprint density at radius 3 is 2.47 bits per heavy atom. The number of nitrogens with two attached hydrogens (primary N) is 1. The third-order valence-corrected chi connectivity index (χ3v) is 5.66. The molecule has 0 atom stereocenters. The number of nitrogens with zero attached hydrogens (tertiary/aromatic N) is 3. The second kappa shape index (κ2) is 9.65. The van der Waals surface area contributed by atoms with Crippen molar-refractivity contribution in [3.05, 3.63) is 35.9 Å². The van der Waals surface area contributed by atoms with Gasteiger partial charge in [-0.15, -0.1) is 0 Å². The average Bonchev–Trinajstić information content (AvgIpc) is 2.71. The van der Waals surface area contributed by atoms with Crippen molar-refractivity contribution in [1.29, 1.82) is 0 Å². The predicted octanol–water partition coefficient (Wildman–Crippen LogP) is 2.75. The van der Waals surface area contributed by atoms with Crippen LogP contribution in [0.2, 0.25) is 0 Å². The first-order chi connectivity index (χ1) is 15.0. The van der Waals surface area contributed by atoms with Crippen LogP contribution in [0.1, 0.15) is 32.3 Å².